The summed E-state index contributed by atoms with van der Waals surface area (Å²) in [5.41, 5.74) is 0.844. The van der Waals surface area contributed by atoms with Gasteiger partial charge in [0.25, 0.3) is 0 Å². The average molecular weight is 844 g/mol. The highest BCUT2D eigenvalue weighted by molar-refractivity contribution is 5.72. The number of hydrogen-bond donors (Lipinski definition) is 0. The molecule has 1 fully saturated rings. The lowest BCUT2D eigenvalue weighted by atomic mass is 9.97. The molecule has 0 aromatic heterocycles. The fourth-order valence-electron chi connectivity index (χ4n) is 7.81. The van der Waals surface area contributed by atoms with Crippen LogP contribution in [-0.2, 0) is 35.2 Å². The zero-order valence-corrected chi connectivity index (χ0v) is 38.9. The van der Waals surface area contributed by atoms with Crippen molar-refractivity contribution in [2.24, 2.45) is 5.92 Å². The topological polar surface area (TPSA) is 101 Å². The highest BCUT2D eigenvalue weighted by Gasteiger charge is 2.26. The van der Waals surface area contributed by atoms with Gasteiger partial charge in [-0.05, 0) is 89.2 Å². The summed E-state index contributed by atoms with van der Waals surface area (Å²) in [4.78, 5) is 39.4. The van der Waals surface area contributed by atoms with Crippen molar-refractivity contribution in [3.05, 3.63) is 23.8 Å². The number of nitrogens with zero attached hydrogens (tertiary/aromatic N) is 1. The average Bonchev–Trinajstić information content (AvgIpc) is 3.26. The van der Waals surface area contributed by atoms with Crippen LogP contribution in [0.25, 0.3) is 0 Å². The molecule has 0 spiro atoms. The van der Waals surface area contributed by atoms with E-state index < -0.39 is 0 Å². The Kier molecular flexibility index (Phi) is 33.7. The number of unbranched alkanes of at least 4 members (excludes halogenated alkanes) is 22. The number of likely N-dealkylation sites (tertiary alicyclic amines) is 1. The van der Waals surface area contributed by atoms with Crippen LogP contribution in [-0.4, -0.2) is 68.9 Å². The third-order valence-electron chi connectivity index (χ3n) is 11.9. The SMILES string of the molecule is CCCCCCCCCC(=O)OCCCCCCCCOc1ccc(OCCCCCCCCOC(=O)CCCCCCCCC)c(COC(=O)C2CCN(CC)CC2)c1. The number of carbonyl (C=O) groups is 3. The van der Waals surface area contributed by atoms with E-state index in [1.54, 1.807) is 0 Å². The number of ether oxygens (including phenoxy) is 5. The van der Waals surface area contributed by atoms with E-state index in [1.807, 2.05) is 18.2 Å². The third-order valence-corrected chi connectivity index (χ3v) is 11.9. The smallest absolute Gasteiger partial charge is 0.309 e. The Morgan fingerprint density at radius 1 is 0.517 bits per heavy atom. The molecule has 0 N–H and O–H groups in total. The summed E-state index contributed by atoms with van der Waals surface area (Å²) in [5, 5.41) is 0. The minimum absolute atomic E-state index is 0.0433. The lowest BCUT2D eigenvalue weighted by molar-refractivity contribution is -0.151. The maximum Gasteiger partial charge on any atom is 0.309 e. The first-order chi connectivity index (χ1) is 29.5. The molecule has 0 saturated carbocycles. The van der Waals surface area contributed by atoms with E-state index in [2.05, 4.69) is 25.7 Å². The molecule has 1 heterocycles. The van der Waals surface area contributed by atoms with Gasteiger partial charge in [-0.15, -0.1) is 0 Å². The van der Waals surface area contributed by atoms with Crippen LogP contribution in [0.1, 0.15) is 219 Å². The summed E-state index contributed by atoms with van der Waals surface area (Å²) < 4.78 is 29.1. The molecule has 0 unspecified atom stereocenters. The molecular formula is C51H89NO8. The van der Waals surface area contributed by atoms with Crippen molar-refractivity contribution in [1.82, 2.24) is 4.90 Å². The van der Waals surface area contributed by atoms with Crippen LogP contribution in [0.4, 0.5) is 0 Å². The van der Waals surface area contributed by atoms with Gasteiger partial charge in [0.1, 0.15) is 18.1 Å². The van der Waals surface area contributed by atoms with Crippen LogP contribution >= 0.6 is 0 Å². The molecule has 1 aromatic rings. The minimum Gasteiger partial charge on any atom is -0.494 e. The van der Waals surface area contributed by atoms with E-state index in [4.69, 9.17) is 23.7 Å². The van der Waals surface area contributed by atoms with Gasteiger partial charge in [0.2, 0.25) is 0 Å². The minimum atomic E-state index is -0.118. The number of hydrogen-bond acceptors (Lipinski definition) is 9. The third kappa shape index (κ3) is 28.7. The number of benzene rings is 1. The van der Waals surface area contributed by atoms with Crippen LogP contribution in [0.5, 0.6) is 11.5 Å². The van der Waals surface area contributed by atoms with Crippen molar-refractivity contribution in [2.75, 3.05) is 46.1 Å². The monoisotopic (exact) mass is 844 g/mol. The van der Waals surface area contributed by atoms with Crippen molar-refractivity contribution in [3.63, 3.8) is 0 Å². The van der Waals surface area contributed by atoms with Gasteiger partial charge in [-0.25, -0.2) is 0 Å². The maximum atomic E-state index is 13.0. The second-order valence-electron chi connectivity index (χ2n) is 17.2. The normalized spacial score (nSPS) is 13.3. The van der Waals surface area contributed by atoms with Crippen molar-refractivity contribution in [1.29, 1.82) is 0 Å². The van der Waals surface area contributed by atoms with Crippen molar-refractivity contribution in [3.8, 4) is 11.5 Å². The fraction of sp³-hybridized carbons (Fsp3) is 0.824. The van der Waals surface area contributed by atoms with Gasteiger partial charge in [0.15, 0.2) is 0 Å². The van der Waals surface area contributed by atoms with Crippen LogP contribution in [0.3, 0.4) is 0 Å². The Morgan fingerprint density at radius 2 is 0.950 bits per heavy atom. The summed E-state index contributed by atoms with van der Waals surface area (Å²) in [6.45, 7) is 12.0. The summed E-state index contributed by atoms with van der Waals surface area (Å²) in [7, 11) is 0. The van der Waals surface area contributed by atoms with Crippen molar-refractivity contribution in [2.45, 2.75) is 220 Å². The molecule has 0 amide bonds. The predicted octanol–water partition coefficient (Wildman–Crippen LogP) is 13.3. The highest BCUT2D eigenvalue weighted by atomic mass is 16.5. The molecule has 1 aliphatic heterocycles. The van der Waals surface area contributed by atoms with Gasteiger partial charge in [-0.1, -0.05) is 149 Å². The van der Waals surface area contributed by atoms with Gasteiger partial charge < -0.3 is 28.6 Å². The molecule has 0 bridgehead atoms. The lowest BCUT2D eigenvalue weighted by Gasteiger charge is -2.29. The zero-order chi connectivity index (χ0) is 43.1. The second kappa shape index (κ2) is 37.9. The molecule has 1 saturated heterocycles. The molecule has 2 rings (SSSR count). The Balaban J connectivity index is 1.62. The molecule has 1 aromatic carbocycles. The molecular weight excluding hydrogens is 755 g/mol. The molecule has 346 valence electrons. The first kappa shape index (κ1) is 53.3. The standard InChI is InChI=1S/C51H89NO8/c1-4-7-9-11-13-19-25-31-49(53)58-41-29-23-17-15-21-27-39-56-47-33-34-48(46(43-47)44-60-51(55)45-35-37-52(6-3)38-36-45)57-40-28-22-16-18-24-30-42-59-50(54)32-26-20-14-12-10-8-5-2/h33-34,43,45H,4-32,35-42,44H2,1-3H3. The Hall–Kier alpha value is -2.81. The lowest BCUT2D eigenvalue weighted by Crippen LogP contribution is -2.36. The van der Waals surface area contributed by atoms with Crippen LogP contribution < -0.4 is 9.47 Å². The van der Waals surface area contributed by atoms with E-state index in [0.717, 1.165) is 152 Å². The first-order valence-corrected chi connectivity index (χ1v) is 25.1. The van der Waals surface area contributed by atoms with Gasteiger partial charge in [0.05, 0.1) is 32.3 Å². The predicted molar refractivity (Wildman–Crippen MR) is 245 cm³/mol. The number of piperidine rings is 1. The maximum absolute atomic E-state index is 13.0. The zero-order valence-electron chi connectivity index (χ0n) is 38.9. The molecule has 60 heavy (non-hydrogen) atoms. The Bertz CT molecular complexity index is 1200. The molecule has 9 heteroatoms. The molecule has 0 aliphatic carbocycles. The summed E-state index contributed by atoms with van der Waals surface area (Å²) in [6.07, 6.45) is 32.3. The van der Waals surface area contributed by atoms with Crippen LogP contribution in [0.2, 0.25) is 0 Å². The Labute approximate surface area is 367 Å². The Morgan fingerprint density at radius 3 is 1.43 bits per heavy atom. The van der Waals surface area contributed by atoms with Gasteiger partial charge in [-0.2, -0.15) is 0 Å². The molecule has 9 nitrogen and oxygen atoms in total. The largest absolute Gasteiger partial charge is 0.494 e. The quantitative estimate of drug-likeness (QED) is 0.0363. The van der Waals surface area contributed by atoms with Crippen LogP contribution in [0, 0.1) is 5.92 Å². The van der Waals surface area contributed by atoms with Crippen molar-refractivity contribution < 1.29 is 38.1 Å². The van der Waals surface area contributed by atoms with Gasteiger partial charge >= 0.3 is 17.9 Å². The van der Waals surface area contributed by atoms with E-state index in [0.29, 0.717) is 39.3 Å². The summed E-state index contributed by atoms with van der Waals surface area (Å²) in [6, 6.07) is 5.88. The molecule has 0 radical (unpaired) electrons. The first-order valence-electron chi connectivity index (χ1n) is 25.1. The van der Waals surface area contributed by atoms with Crippen LogP contribution in [0.15, 0.2) is 18.2 Å². The number of esters is 3. The summed E-state index contributed by atoms with van der Waals surface area (Å²) in [5.74, 6) is 1.26. The van der Waals surface area contributed by atoms with E-state index in [9.17, 15) is 14.4 Å². The van der Waals surface area contributed by atoms with Gasteiger partial charge in [0, 0.05) is 18.4 Å². The molecule has 0 atom stereocenters. The van der Waals surface area contributed by atoms with E-state index >= 15 is 0 Å². The van der Waals surface area contributed by atoms with Gasteiger partial charge in [-0.3, -0.25) is 14.4 Å². The number of carbonyl (C=O) groups excluding carboxylic acids is 3. The fourth-order valence-corrected chi connectivity index (χ4v) is 7.81. The van der Waals surface area contributed by atoms with Crippen molar-refractivity contribution >= 4 is 17.9 Å². The van der Waals surface area contributed by atoms with E-state index in [-0.39, 0.29) is 30.4 Å². The number of rotatable bonds is 40. The second-order valence-corrected chi connectivity index (χ2v) is 17.2. The molecule has 1 aliphatic rings. The van der Waals surface area contributed by atoms with E-state index in [1.165, 1.54) is 64.2 Å². The summed E-state index contributed by atoms with van der Waals surface area (Å²) >= 11 is 0. The highest BCUT2D eigenvalue weighted by Crippen LogP contribution is 2.27.